The van der Waals surface area contributed by atoms with Crippen LogP contribution in [0.25, 0.3) is 11.8 Å². The second-order valence-electron chi connectivity index (χ2n) is 4.10. The summed E-state index contributed by atoms with van der Waals surface area (Å²) in [7, 11) is -8.83. The minimum atomic E-state index is -4.43. The Morgan fingerprint density at radius 1 is 1.11 bits per heavy atom. The molecule has 0 amide bonds. The van der Waals surface area contributed by atoms with E-state index < -0.39 is 30.4 Å². The van der Waals surface area contributed by atoms with E-state index in [9.17, 15) is 21.9 Å². The molecule has 3 N–H and O–H groups in total. The molecule has 1 aromatic rings. The zero-order chi connectivity index (χ0) is 14.4. The van der Waals surface area contributed by atoms with Crippen molar-refractivity contribution in [1.29, 1.82) is 0 Å². The molecule has 1 atom stereocenters. The molecule has 0 heterocycles. The van der Waals surface area contributed by atoms with Crippen molar-refractivity contribution in [3.63, 3.8) is 0 Å². The van der Waals surface area contributed by atoms with Crippen molar-refractivity contribution in [2.24, 2.45) is 0 Å². The molecule has 19 heavy (non-hydrogen) atoms. The van der Waals surface area contributed by atoms with Gasteiger partial charge in [-0.25, -0.2) is 0 Å². The van der Waals surface area contributed by atoms with E-state index in [0.29, 0.717) is 0 Å². The van der Waals surface area contributed by atoms with E-state index in [1.165, 1.54) is 6.07 Å². The molecule has 2 rings (SSSR count). The number of aliphatic hydroxyl groups is 1. The summed E-state index contributed by atoms with van der Waals surface area (Å²) in [6, 6.07) is 3.37. The van der Waals surface area contributed by atoms with E-state index >= 15 is 0 Å². The highest BCUT2D eigenvalue weighted by molar-refractivity contribution is 7.86. The molecule has 1 aliphatic rings. The van der Waals surface area contributed by atoms with Crippen LogP contribution < -0.4 is 10.4 Å². The normalized spacial score (nSPS) is 19.7. The maximum absolute atomic E-state index is 11.1. The van der Waals surface area contributed by atoms with Crippen molar-refractivity contribution in [2.75, 3.05) is 0 Å². The molecular formula is C10H10O7S2. The lowest BCUT2D eigenvalue weighted by atomic mass is 10.1. The lowest BCUT2D eigenvalue weighted by Crippen LogP contribution is -2.36. The number of hydrogen-bond donors (Lipinski definition) is 3. The van der Waals surface area contributed by atoms with E-state index in [1.807, 2.05) is 0 Å². The SMILES string of the molecule is O=S(=O)(O)c1ccc2c(c1)=CC(S(=O)(=O)O)CC=2O. The Labute approximate surface area is 109 Å². The first-order chi connectivity index (χ1) is 8.59. The van der Waals surface area contributed by atoms with Crippen LogP contribution in [-0.2, 0) is 20.2 Å². The van der Waals surface area contributed by atoms with Gasteiger partial charge in [0.25, 0.3) is 20.2 Å². The summed E-state index contributed by atoms with van der Waals surface area (Å²) < 4.78 is 61.9. The third kappa shape index (κ3) is 2.78. The van der Waals surface area contributed by atoms with Crippen LogP contribution in [0.15, 0.2) is 23.1 Å². The summed E-state index contributed by atoms with van der Waals surface area (Å²) in [6.45, 7) is 0. The number of rotatable bonds is 2. The van der Waals surface area contributed by atoms with Gasteiger partial charge in [-0.2, -0.15) is 16.8 Å². The van der Waals surface area contributed by atoms with Crippen LogP contribution in [0.4, 0.5) is 0 Å². The van der Waals surface area contributed by atoms with Crippen LogP contribution >= 0.6 is 0 Å². The standard InChI is InChI=1S/C10H10O7S2/c11-10-5-8(19(15,16)17)4-6-3-7(18(12,13)14)1-2-9(6)10/h1-4,8,11H,5H2,(H,12,13,14)(H,15,16,17). The predicted molar refractivity (Wildman–Crippen MR) is 66.0 cm³/mol. The molecule has 0 saturated carbocycles. The Bertz CT molecular complexity index is 850. The first-order valence-corrected chi connectivity index (χ1v) is 8.01. The van der Waals surface area contributed by atoms with E-state index in [2.05, 4.69) is 0 Å². The van der Waals surface area contributed by atoms with Crippen molar-refractivity contribution < 1.29 is 31.0 Å². The Balaban J connectivity index is 2.77. The number of hydrogen-bond acceptors (Lipinski definition) is 5. The third-order valence-electron chi connectivity index (χ3n) is 2.77. The van der Waals surface area contributed by atoms with Crippen molar-refractivity contribution in [3.8, 4) is 0 Å². The molecule has 0 saturated heterocycles. The molecule has 1 aromatic carbocycles. The van der Waals surface area contributed by atoms with E-state index in [-0.39, 0.29) is 22.6 Å². The number of fused-ring (bicyclic) bond motifs is 1. The fourth-order valence-corrected chi connectivity index (χ4v) is 3.06. The molecular weight excluding hydrogens is 296 g/mol. The van der Waals surface area contributed by atoms with E-state index in [0.717, 1.165) is 18.2 Å². The largest absolute Gasteiger partial charge is 0.512 e. The maximum Gasteiger partial charge on any atom is 0.294 e. The zero-order valence-corrected chi connectivity index (χ0v) is 11.0. The smallest absolute Gasteiger partial charge is 0.294 e. The summed E-state index contributed by atoms with van der Waals surface area (Å²) in [5.41, 5.74) is 0. The second kappa shape index (κ2) is 4.30. The van der Waals surface area contributed by atoms with E-state index in [4.69, 9.17) is 9.11 Å². The van der Waals surface area contributed by atoms with Crippen LogP contribution in [0.1, 0.15) is 6.42 Å². The predicted octanol–water partition coefficient (Wildman–Crippen LogP) is -0.960. The fourth-order valence-electron chi connectivity index (χ4n) is 1.85. The number of aliphatic hydroxyl groups excluding tert-OH is 1. The molecule has 1 unspecified atom stereocenters. The van der Waals surface area contributed by atoms with Gasteiger partial charge in [0, 0.05) is 11.6 Å². The Morgan fingerprint density at radius 3 is 2.26 bits per heavy atom. The molecule has 104 valence electrons. The topological polar surface area (TPSA) is 129 Å². The summed E-state index contributed by atoms with van der Waals surface area (Å²) in [4.78, 5) is -0.425. The van der Waals surface area contributed by atoms with Crippen molar-refractivity contribution >= 4 is 32.1 Å². The average Bonchev–Trinajstić information content (AvgIpc) is 2.25. The molecule has 1 aliphatic carbocycles. The Hall–Kier alpha value is -1.42. The van der Waals surface area contributed by atoms with Crippen LogP contribution in [-0.4, -0.2) is 36.3 Å². The molecule has 0 bridgehead atoms. The fraction of sp³-hybridized carbons (Fsp3) is 0.200. The van der Waals surface area contributed by atoms with Gasteiger partial charge in [-0.05, 0) is 23.4 Å². The molecule has 0 fully saturated rings. The lowest BCUT2D eigenvalue weighted by molar-refractivity contribution is 0.454. The molecule has 0 spiro atoms. The minimum absolute atomic E-state index is 0.113. The second-order valence-corrected chi connectivity index (χ2v) is 7.15. The summed E-state index contributed by atoms with van der Waals surface area (Å²) in [5.74, 6) is -0.276. The van der Waals surface area contributed by atoms with Crippen molar-refractivity contribution in [3.05, 3.63) is 28.6 Å². The molecule has 0 aromatic heterocycles. The maximum atomic E-state index is 11.1. The van der Waals surface area contributed by atoms with Gasteiger partial charge in [0.15, 0.2) is 0 Å². The first-order valence-electron chi connectivity index (χ1n) is 5.07. The average molecular weight is 306 g/mol. The van der Waals surface area contributed by atoms with Crippen LogP contribution in [0.2, 0.25) is 0 Å². The van der Waals surface area contributed by atoms with Crippen molar-refractivity contribution in [2.45, 2.75) is 16.6 Å². The van der Waals surface area contributed by atoms with E-state index in [1.54, 1.807) is 0 Å². The summed E-state index contributed by atoms with van der Waals surface area (Å²) in [5, 5.41) is 8.72. The van der Waals surface area contributed by atoms with Gasteiger partial charge >= 0.3 is 0 Å². The quantitative estimate of drug-likeness (QED) is 0.600. The monoisotopic (exact) mass is 306 g/mol. The highest BCUT2D eigenvalue weighted by Gasteiger charge is 2.25. The van der Waals surface area contributed by atoms with Gasteiger partial charge < -0.3 is 5.11 Å². The van der Waals surface area contributed by atoms with Gasteiger partial charge in [-0.3, -0.25) is 9.11 Å². The van der Waals surface area contributed by atoms with Crippen LogP contribution in [0.5, 0.6) is 0 Å². The highest BCUT2D eigenvalue weighted by Crippen LogP contribution is 2.14. The van der Waals surface area contributed by atoms with Gasteiger partial charge in [-0.15, -0.1) is 0 Å². The van der Waals surface area contributed by atoms with Crippen LogP contribution in [0, 0.1) is 0 Å². The third-order valence-corrected chi connectivity index (χ3v) is 4.69. The Morgan fingerprint density at radius 2 is 1.74 bits per heavy atom. The zero-order valence-electron chi connectivity index (χ0n) is 9.38. The summed E-state index contributed by atoms with van der Waals surface area (Å²) >= 11 is 0. The van der Waals surface area contributed by atoms with Gasteiger partial charge in [0.2, 0.25) is 0 Å². The Kier molecular flexibility index (Phi) is 3.17. The molecule has 0 radical (unpaired) electrons. The molecule has 7 nitrogen and oxygen atoms in total. The van der Waals surface area contributed by atoms with Gasteiger partial charge in [0.1, 0.15) is 11.0 Å². The van der Waals surface area contributed by atoms with Gasteiger partial charge in [0.05, 0.1) is 4.90 Å². The van der Waals surface area contributed by atoms with Crippen molar-refractivity contribution in [1.82, 2.24) is 0 Å². The first kappa shape index (κ1) is 14.0. The minimum Gasteiger partial charge on any atom is -0.512 e. The lowest BCUT2D eigenvalue weighted by Gasteiger charge is -2.13. The number of benzene rings is 1. The molecule has 9 heteroatoms. The highest BCUT2D eigenvalue weighted by atomic mass is 32.2. The van der Waals surface area contributed by atoms with Crippen LogP contribution in [0.3, 0.4) is 0 Å². The van der Waals surface area contributed by atoms with Gasteiger partial charge in [-0.1, -0.05) is 6.08 Å². The molecule has 0 aliphatic heterocycles. The summed E-state index contributed by atoms with van der Waals surface area (Å²) in [6.07, 6.45) is 0.829.